The highest BCUT2D eigenvalue weighted by molar-refractivity contribution is 5.75. The van der Waals surface area contributed by atoms with Crippen molar-refractivity contribution >= 4 is 5.82 Å². The van der Waals surface area contributed by atoms with Crippen molar-refractivity contribution < 1.29 is 0 Å². The van der Waals surface area contributed by atoms with Crippen LogP contribution in [-0.2, 0) is 7.05 Å². The van der Waals surface area contributed by atoms with Gasteiger partial charge in [0.05, 0.1) is 17.6 Å². The lowest BCUT2D eigenvalue weighted by Crippen LogP contribution is -1.95. The molecule has 122 valence electrons. The monoisotopic (exact) mass is 328 g/mol. The highest BCUT2D eigenvalue weighted by Crippen LogP contribution is 2.28. The third-order valence-corrected chi connectivity index (χ3v) is 3.88. The third kappa shape index (κ3) is 3.10. The zero-order valence-electron chi connectivity index (χ0n) is 13.7. The predicted molar refractivity (Wildman–Crippen MR) is 97.3 cm³/mol. The highest BCUT2D eigenvalue weighted by Gasteiger charge is 2.08. The molecule has 4 rings (SSSR count). The molecule has 0 atom stereocenters. The molecule has 0 aliphatic carbocycles. The first kappa shape index (κ1) is 15.0. The van der Waals surface area contributed by atoms with E-state index in [0.29, 0.717) is 5.82 Å². The van der Waals surface area contributed by atoms with Crippen molar-refractivity contribution in [1.29, 1.82) is 0 Å². The van der Waals surface area contributed by atoms with Crippen LogP contribution in [0.3, 0.4) is 0 Å². The zero-order valence-corrected chi connectivity index (χ0v) is 13.7. The molecule has 0 amide bonds. The standard InChI is InChI=1S/C19H16N6/c1-25-12-16(11-23-25)15-6-14(9-21-10-15)13-7-18(24-19(20)8-13)17-4-2-3-5-22-17/h2-12H,1H3,(H2,20,24). The van der Waals surface area contributed by atoms with E-state index in [1.54, 1.807) is 10.9 Å². The molecule has 0 aliphatic rings. The maximum absolute atomic E-state index is 6.01. The molecule has 6 nitrogen and oxygen atoms in total. The maximum atomic E-state index is 6.01. The molecular weight excluding hydrogens is 312 g/mol. The Bertz CT molecular complexity index is 1020. The fourth-order valence-corrected chi connectivity index (χ4v) is 2.69. The first-order valence-corrected chi connectivity index (χ1v) is 7.82. The summed E-state index contributed by atoms with van der Waals surface area (Å²) in [5.41, 5.74) is 11.5. The summed E-state index contributed by atoms with van der Waals surface area (Å²) in [5, 5.41) is 4.21. The molecule has 6 heteroatoms. The van der Waals surface area contributed by atoms with Gasteiger partial charge in [0, 0.05) is 48.5 Å². The van der Waals surface area contributed by atoms with Crippen LogP contribution in [0.4, 0.5) is 5.82 Å². The van der Waals surface area contributed by atoms with Crippen LogP contribution >= 0.6 is 0 Å². The number of aryl methyl sites for hydroxylation is 1. The van der Waals surface area contributed by atoms with Crippen LogP contribution in [0.5, 0.6) is 0 Å². The van der Waals surface area contributed by atoms with Gasteiger partial charge in [0.1, 0.15) is 5.82 Å². The van der Waals surface area contributed by atoms with Crippen LogP contribution in [0.2, 0.25) is 0 Å². The van der Waals surface area contributed by atoms with Gasteiger partial charge in [-0.1, -0.05) is 6.07 Å². The van der Waals surface area contributed by atoms with Crippen molar-refractivity contribution in [2.24, 2.45) is 7.05 Å². The fourth-order valence-electron chi connectivity index (χ4n) is 2.69. The molecule has 0 aliphatic heterocycles. The summed E-state index contributed by atoms with van der Waals surface area (Å²) < 4.78 is 1.77. The molecule has 0 fully saturated rings. The summed E-state index contributed by atoms with van der Waals surface area (Å²) in [6.45, 7) is 0. The summed E-state index contributed by atoms with van der Waals surface area (Å²) >= 11 is 0. The number of hydrogen-bond donors (Lipinski definition) is 1. The van der Waals surface area contributed by atoms with Gasteiger partial charge in [-0.3, -0.25) is 14.6 Å². The van der Waals surface area contributed by atoms with E-state index in [1.807, 2.05) is 62.2 Å². The molecular formula is C19H16N6. The SMILES string of the molecule is Cn1cc(-c2cncc(-c3cc(N)nc(-c4ccccn4)c3)c2)cn1. The number of aromatic nitrogens is 5. The average Bonchev–Trinajstić information content (AvgIpc) is 3.08. The Labute approximate surface area is 145 Å². The van der Waals surface area contributed by atoms with Crippen LogP contribution in [0.15, 0.2) is 67.4 Å². The molecule has 0 radical (unpaired) electrons. The van der Waals surface area contributed by atoms with E-state index in [0.717, 1.165) is 33.6 Å². The predicted octanol–water partition coefficient (Wildman–Crippen LogP) is 3.19. The van der Waals surface area contributed by atoms with E-state index in [1.165, 1.54) is 0 Å². The Morgan fingerprint density at radius 1 is 0.880 bits per heavy atom. The Morgan fingerprint density at radius 3 is 2.44 bits per heavy atom. The molecule has 0 bridgehead atoms. The van der Waals surface area contributed by atoms with Gasteiger partial charge in [-0.05, 0) is 35.9 Å². The van der Waals surface area contributed by atoms with E-state index in [4.69, 9.17) is 5.73 Å². The van der Waals surface area contributed by atoms with Crippen LogP contribution in [0.25, 0.3) is 33.6 Å². The molecule has 4 aromatic rings. The van der Waals surface area contributed by atoms with E-state index < -0.39 is 0 Å². The van der Waals surface area contributed by atoms with Crippen molar-refractivity contribution in [3.05, 3.63) is 67.4 Å². The van der Waals surface area contributed by atoms with Gasteiger partial charge in [0.25, 0.3) is 0 Å². The summed E-state index contributed by atoms with van der Waals surface area (Å²) in [5.74, 6) is 0.449. The number of nitrogens with zero attached hydrogens (tertiary/aromatic N) is 5. The van der Waals surface area contributed by atoms with Crippen molar-refractivity contribution in [3.8, 4) is 33.6 Å². The van der Waals surface area contributed by atoms with Crippen molar-refractivity contribution in [3.63, 3.8) is 0 Å². The Morgan fingerprint density at radius 2 is 1.72 bits per heavy atom. The van der Waals surface area contributed by atoms with Gasteiger partial charge in [-0.2, -0.15) is 5.10 Å². The minimum absolute atomic E-state index is 0.449. The number of rotatable bonds is 3. The number of hydrogen-bond acceptors (Lipinski definition) is 5. The molecule has 2 N–H and O–H groups in total. The molecule has 0 saturated carbocycles. The average molecular weight is 328 g/mol. The van der Waals surface area contributed by atoms with Gasteiger partial charge < -0.3 is 5.73 Å². The van der Waals surface area contributed by atoms with Gasteiger partial charge >= 0.3 is 0 Å². The second-order valence-electron chi connectivity index (χ2n) is 5.75. The first-order chi connectivity index (χ1) is 12.2. The van der Waals surface area contributed by atoms with Gasteiger partial charge in [-0.15, -0.1) is 0 Å². The summed E-state index contributed by atoms with van der Waals surface area (Å²) in [7, 11) is 1.89. The third-order valence-electron chi connectivity index (χ3n) is 3.88. The van der Waals surface area contributed by atoms with Gasteiger partial charge in [-0.25, -0.2) is 4.98 Å². The van der Waals surface area contributed by atoms with Crippen molar-refractivity contribution in [2.45, 2.75) is 0 Å². The lowest BCUT2D eigenvalue weighted by Gasteiger charge is -2.08. The van der Waals surface area contributed by atoms with Gasteiger partial charge in [0.2, 0.25) is 0 Å². The number of nitrogen functional groups attached to an aromatic ring is 1. The topological polar surface area (TPSA) is 82.5 Å². The van der Waals surface area contributed by atoms with Crippen LogP contribution in [0.1, 0.15) is 0 Å². The van der Waals surface area contributed by atoms with E-state index in [-0.39, 0.29) is 0 Å². The maximum Gasteiger partial charge on any atom is 0.124 e. The number of nitrogens with two attached hydrogens (primary N) is 1. The molecule has 0 saturated heterocycles. The molecule has 4 heterocycles. The van der Waals surface area contributed by atoms with Crippen LogP contribution in [-0.4, -0.2) is 24.7 Å². The zero-order chi connectivity index (χ0) is 17.2. The smallest absolute Gasteiger partial charge is 0.124 e. The normalized spacial score (nSPS) is 10.8. The summed E-state index contributed by atoms with van der Waals surface area (Å²) in [6, 6.07) is 11.6. The first-order valence-electron chi connectivity index (χ1n) is 7.82. The van der Waals surface area contributed by atoms with Crippen LogP contribution < -0.4 is 5.73 Å². The Kier molecular flexibility index (Phi) is 3.70. The number of anilines is 1. The summed E-state index contributed by atoms with van der Waals surface area (Å²) in [4.78, 5) is 13.1. The van der Waals surface area contributed by atoms with Crippen molar-refractivity contribution in [1.82, 2.24) is 24.7 Å². The molecule has 25 heavy (non-hydrogen) atoms. The highest BCUT2D eigenvalue weighted by atomic mass is 15.2. The lowest BCUT2D eigenvalue weighted by atomic mass is 10.0. The second-order valence-corrected chi connectivity index (χ2v) is 5.75. The van der Waals surface area contributed by atoms with Gasteiger partial charge in [0.15, 0.2) is 0 Å². The Hall–Kier alpha value is -3.54. The minimum atomic E-state index is 0.449. The van der Waals surface area contributed by atoms with E-state index >= 15 is 0 Å². The molecule has 0 spiro atoms. The quantitative estimate of drug-likeness (QED) is 0.624. The van der Waals surface area contributed by atoms with E-state index in [9.17, 15) is 0 Å². The van der Waals surface area contributed by atoms with Crippen molar-refractivity contribution in [2.75, 3.05) is 5.73 Å². The molecule has 0 aromatic carbocycles. The molecule has 0 unspecified atom stereocenters. The van der Waals surface area contributed by atoms with E-state index in [2.05, 4.69) is 26.1 Å². The minimum Gasteiger partial charge on any atom is -0.384 e. The summed E-state index contributed by atoms with van der Waals surface area (Å²) in [6.07, 6.45) is 9.16. The number of pyridine rings is 3. The second kappa shape index (κ2) is 6.16. The fraction of sp³-hybridized carbons (Fsp3) is 0.0526. The Balaban J connectivity index is 1.79. The lowest BCUT2D eigenvalue weighted by molar-refractivity contribution is 0.768. The largest absolute Gasteiger partial charge is 0.384 e. The van der Waals surface area contributed by atoms with Crippen LogP contribution in [0, 0.1) is 0 Å². The molecule has 4 aromatic heterocycles.